The Bertz CT molecular complexity index is 262. The molecule has 1 aliphatic heterocycles. The molecule has 1 rings (SSSR count). The predicted octanol–water partition coefficient (Wildman–Crippen LogP) is 0.860. The fraction of sp³-hybridized carbons (Fsp3) is 0.556. The number of nitrogens with zero attached hydrogens (tertiary/aromatic N) is 1. The standard InChI is InChI=1S/C9H13NO4/c1-14-8(11)6-7-2-4-10(5-3-7)9(12)13/h6H,2-5H2,1H3,(H,12,13). The van der Waals surface area contributed by atoms with Gasteiger partial charge in [0.05, 0.1) is 7.11 Å². The van der Waals surface area contributed by atoms with Gasteiger partial charge in [0.15, 0.2) is 0 Å². The zero-order chi connectivity index (χ0) is 10.6. The quantitative estimate of drug-likeness (QED) is 0.502. The lowest BCUT2D eigenvalue weighted by Crippen LogP contribution is -2.35. The molecule has 0 aromatic heterocycles. The van der Waals surface area contributed by atoms with Gasteiger partial charge >= 0.3 is 12.1 Å². The van der Waals surface area contributed by atoms with Gasteiger partial charge in [0, 0.05) is 19.2 Å². The number of rotatable bonds is 1. The van der Waals surface area contributed by atoms with Crippen molar-refractivity contribution in [3.63, 3.8) is 0 Å². The van der Waals surface area contributed by atoms with Crippen LogP contribution in [-0.4, -0.2) is 42.3 Å². The number of methoxy groups -OCH3 is 1. The third-order valence-electron chi connectivity index (χ3n) is 2.20. The first kappa shape index (κ1) is 10.6. The summed E-state index contributed by atoms with van der Waals surface area (Å²) in [6.45, 7) is 0.913. The van der Waals surface area contributed by atoms with E-state index in [1.807, 2.05) is 0 Å². The minimum absolute atomic E-state index is 0.372. The van der Waals surface area contributed by atoms with Gasteiger partial charge < -0.3 is 14.7 Å². The van der Waals surface area contributed by atoms with Gasteiger partial charge in [-0.3, -0.25) is 0 Å². The number of amides is 1. The van der Waals surface area contributed by atoms with Gasteiger partial charge in [-0.1, -0.05) is 5.57 Å². The van der Waals surface area contributed by atoms with Gasteiger partial charge in [-0.2, -0.15) is 0 Å². The highest BCUT2D eigenvalue weighted by atomic mass is 16.5. The van der Waals surface area contributed by atoms with E-state index in [2.05, 4.69) is 4.74 Å². The number of esters is 1. The van der Waals surface area contributed by atoms with Crippen molar-refractivity contribution in [1.29, 1.82) is 0 Å². The molecule has 0 bridgehead atoms. The van der Waals surface area contributed by atoms with Crippen molar-refractivity contribution >= 4 is 12.1 Å². The summed E-state index contributed by atoms with van der Waals surface area (Å²) in [7, 11) is 1.33. The van der Waals surface area contributed by atoms with Crippen LogP contribution >= 0.6 is 0 Å². The Morgan fingerprint density at radius 2 is 2.00 bits per heavy atom. The Kier molecular flexibility index (Phi) is 3.50. The Hall–Kier alpha value is -1.52. The fourth-order valence-electron chi connectivity index (χ4n) is 1.36. The van der Waals surface area contributed by atoms with E-state index in [-0.39, 0.29) is 5.97 Å². The van der Waals surface area contributed by atoms with Crippen molar-refractivity contribution in [2.24, 2.45) is 0 Å². The maximum atomic E-state index is 10.9. The summed E-state index contributed by atoms with van der Waals surface area (Å²) in [6.07, 6.45) is 1.77. The second kappa shape index (κ2) is 4.64. The lowest BCUT2D eigenvalue weighted by atomic mass is 10.0. The van der Waals surface area contributed by atoms with Gasteiger partial charge in [0.1, 0.15) is 0 Å². The summed E-state index contributed by atoms with van der Waals surface area (Å²) in [5.41, 5.74) is 0.953. The lowest BCUT2D eigenvalue weighted by molar-refractivity contribution is -0.134. The van der Waals surface area contributed by atoms with Crippen LogP contribution in [0.1, 0.15) is 12.8 Å². The van der Waals surface area contributed by atoms with Gasteiger partial charge in [-0.05, 0) is 12.8 Å². The Morgan fingerprint density at radius 3 is 2.43 bits per heavy atom. The second-order valence-electron chi connectivity index (χ2n) is 3.10. The maximum absolute atomic E-state index is 10.9. The normalized spacial score (nSPS) is 16.4. The molecule has 0 atom stereocenters. The average Bonchev–Trinajstić information content (AvgIpc) is 2.18. The minimum Gasteiger partial charge on any atom is -0.466 e. The van der Waals surface area contributed by atoms with Crippen LogP contribution in [0.3, 0.4) is 0 Å². The number of carbonyl (C=O) groups is 2. The Morgan fingerprint density at radius 1 is 1.43 bits per heavy atom. The number of ether oxygens (including phenoxy) is 1. The first-order chi connectivity index (χ1) is 6.63. The first-order valence-electron chi connectivity index (χ1n) is 4.38. The number of carboxylic acid groups (broad SMARTS) is 1. The van der Waals surface area contributed by atoms with Crippen LogP contribution in [0.2, 0.25) is 0 Å². The highest BCUT2D eigenvalue weighted by Gasteiger charge is 2.18. The van der Waals surface area contributed by atoms with Crippen molar-refractivity contribution in [3.05, 3.63) is 11.6 Å². The lowest BCUT2D eigenvalue weighted by Gasteiger charge is -2.25. The largest absolute Gasteiger partial charge is 0.466 e. The smallest absolute Gasteiger partial charge is 0.407 e. The molecule has 0 unspecified atom stereocenters. The summed E-state index contributed by atoms with van der Waals surface area (Å²) in [6, 6.07) is 0. The molecule has 1 saturated heterocycles. The predicted molar refractivity (Wildman–Crippen MR) is 48.9 cm³/mol. The molecule has 1 N–H and O–H groups in total. The topological polar surface area (TPSA) is 66.8 Å². The Labute approximate surface area is 82.0 Å². The van der Waals surface area contributed by atoms with Crippen molar-refractivity contribution < 1.29 is 19.4 Å². The molecule has 1 heterocycles. The van der Waals surface area contributed by atoms with Crippen molar-refractivity contribution in [2.45, 2.75) is 12.8 Å². The number of hydrogen-bond acceptors (Lipinski definition) is 3. The van der Waals surface area contributed by atoms with Gasteiger partial charge in [0.25, 0.3) is 0 Å². The fourth-order valence-corrected chi connectivity index (χ4v) is 1.36. The van der Waals surface area contributed by atoms with E-state index in [1.165, 1.54) is 18.1 Å². The molecular weight excluding hydrogens is 186 g/mol. The molecule has 0 aromatic carbocycles. The van der Waals surface area contributed by atoms with Crippen molar-refractivity contribution in [1.82, 2.24) is 4.90 Å². The highest BCUT2D eigenvalue weighted by molar-refractivity contribution is 5.82. The van der Waals surface area contributed by atoms with Crippen molar-refractivity contribution in [2.75, 3.05) is 20.2 Å². The van der Waals surface area contributed by atoms with Crippen LogP contribution in [0.4, 0.5) is 4.79 Å². The molecule has 5 heteroatoms. The Balaban J connectivity index is 2.46. The SMILES string of the molecule is COC(=O)C=C1CCN(C(=O)O)CC1. The molecule has 1 aliphatic rings. The summed E-state index contributed by atoms with van der Waals surface area (Å²) in [5, 5.41) is 8.67. The van der Waals surface area contributed by atoms with E-state index in [4.69, 9.17) is 5.11 Å². The van der Waals surface area contributed by atoms with Gasteiger partial charge in [-0.15, -0.1) is 0 Å². The van der Waals surface area contributed by atoms with E-state index in [9.17, 15) is 9.59 Å². The van der Waals surface area contributed by atoms with Crippen LogP contribution in [-0.2, 0) is 9.53 Å². The molecule has 0 spiro atoms. The van der Waals surface area contributed by atoms with Crippen LogP contribution < -0.4 is 0 Å². The number of likely N-dealkylation sites (tertiary alicyclic amines) is 1. The summed E-state index contributed by atoms with van der Waals surface area (Å²) in [5.74, 6) is -0.372. The first-order valence-corrected chi connectivity index (χ1v) is 4.38. The summed E-state index contributed by atoms with van der Waals surface area (Å²) < 4.78 is 4.48. The zero-order valence-corrected chi connectivity index (χ0v) is 8.02. The molecule has 1 fully saturated rings. The average molecular weight is 199 g/mol. The molecule has 0 aromatic rings. The third-order valence-corrected chi connectivity index (χ3v) is 2.20. The van der Waals surface area contributed by atoms with E-state index in [1.54, 1.807) is 0 Å². The van der Waals surface area contributed by atoms with Crippen LogP contribution in [0.25, 0.3) is 0 Å². The van der Waals surface area contributed by atoms with Crippen LogP contribution in [0.15, 0.2) is 11.6 Å². The minimum atomic E-state index is -0.901. The summed E-state index contributed by atoms with van der Waals surface area (Å²) >= 11 is 0. The molecule has 0 aliphatic carbocycles. The monoisotopic (exact) mass is 199 g/mol. The molecule has 14 heavy (non-hydrogen) atoms. The third kappa shape index (κ3) is 2.76. The molecule has 0 radical (unpaired) electrons. The molecule has 0 saturated carbocycles. The van der Waals surface area contributed by atoms with E-state index in [0.29, 0.717) is 25.9 Å². The summed E-state index contributed by atoms with van der Waals surface area (Å²) in [4.78, 5) is 22.8. The second-order valence-corrected chi connectivity index (χ2v) is 3.10. The molecule has 78 valence electrons. The van der Waals surface area contributed by atoms with Crippen LogP contribution in [0.5, 0.6) is 0 Å². The van der Waals surface area contributed by atoms with Gasteiger partial charge in [-0.25, -0.2) is 9.59 Å². The molecule has 1 amide bonds. The number of hydrogen-bond donors (Lipinski definition) is 1. The zero-order valence-electron chi connectivity index (χ0n) is 8.02. The van der Waals surface area contributed by atoms with Crippen LogP contribution in [0, 0.1) is 0 Å². The van der Waals surface area contributed by atoms with E-state index >= 15 is 0 Å². The van der Waals surface area contributed by atoms with E-state index in [0.717, 1.165) is 5.57 Å². The highest BCUT2D eigenvalue weighted by Crippen LogP contribution is 2.15. The molecule has 5 nitrogen and oxygen atoms in total. The number of piperidine rings is 1. The van der Waals surface area contributed by atoms with Crippen molar-refractivity contribution in [3.8, 4) is 0 Å². The molecular formula is C9H13NO4. The van der Waals surface area contributed by atoms with E-state index < -0.39 is 6.09 Å². The van der Waals surface area contributed by atoms with Gasteiger partial charge in [0.2, 0.25) is 0 Å². The maximum Gasteiger partial charge on any atom is 0.407 e. The number of carbonyl (C=O) groups excluding carboxylic acids is 1.